The molecule has 9 heteroatoms. The third-order valence-electron chi connectivity index (χ3n) is 5.35. The highest BCUT2D eigenvalue weighted by molar-refractivity contribution is 7.92. The fourth-order valence-corrected chi connectivity index (χ4v) is 4.76. The summed E-state index contributed by atoms with van der Waals surface area (Å²) in [4.78, 5) is 12.4. The number of fused-ring (bicyclic) bond motifs is 1. The molecule has 5 aromatic rings. The Kier molecular flexibility index (Phi) is 5.46. The van der Waals surface area contributed by atoms with Crippen molar-refractivity contribution >= 4 is 26.6 Å². The number of benzene rings is 2. The molecule has 0 bridgehead atoms. The lowest BCUT2D eigenvalue weighted by atomic mass is 10.0. The third-order valence-corrected chi connectivity index (χ3v) is 6.70. The summed E-state index contributed by atoms with van der Waals surface area (Å²) in [5.74, 6) is 2.41. The van der Waals surface area contributed by atoms with E-state index in [1.54, 1.807) is 37.6 Å². The predicted molar refractivity (Wildman–Crippen MR) is 129 cm³/mol. The van der Waals surface area contributed by atoms with Crippen LogP contribution in [-0.4, -0.2) is 30.5 Å². The molecule has 8 nitrogen and oxygen atoms in total. The number of nitrogens with zero attached hydrogens (tertiary/aromatic N) is 3. The maximum atomic E-state index is 12.9. The quantitative estimate of drug-likeness (QED) is 0.368. The number of ether oxygens (including phenoxy) is 1. The average Bonchev–Trinajstić information content (AvgIpc) is 3.29. The molecule has 170 valence electrons. The number of aryl methyl sites for hydroxylation is 1. The van der Waals surface area contributed by atoms with Crippen LogP contribution >= 0.6 is 0 Å². The molecule has 3 heterocycles. The van der Waals surface area contributed by atoms with Crippen LogP contribution in [0.4, 0.5) is 5.82 Å². The van der Waals surface area contributed by atoms with Gasteiger partial charge in [0, 0.05) is 28.9 Å². The number of nitrogens with one attached hydrogen (secondary N) is 1. The van der Waals surface area contributed by atoms with Crippen LogP contribution in [0.3, 0.4) is 0 Å². The minimum absolute atomic E-state index is 0.117. The number of pyridine rings is 1. The van der Waals surface area contributed by atoms with Crippen LogP contribution in [0.1, 0.15) is 5.76 Å². The summed E-state index contributed by atoms with van der Waals surface area (Å²) in [6.45, 7) is 1.90. The van der Waals surface area contributed by atoms with Crippen LogP contribution in [0, 0.1) is 6.92 Å². The van der Waals surface area contributed by atoms with Crippen LogP contribution in [0.5, 0.6) is 5.75 Å². The molecule has 0 atom stereocenters. The smallest absolute Gasteiger partial charge is 0.263 e. The molecule has 0 aliphatic carbocycles. The van der Waals surface area contributed by atoms with E-state index in [4.69, 9.17) is 9.15 Å². The lowest BCUT2D eigenvalue weighted by Gasteiger charge is -2.13. The van der Waals surface area contributed by atoms with E-state index in [-0.39, 0.29) is 10.7 Å². The molecule has 3 aromatic heterocycles. The van der Waals surface area contributed by atoms with Crippen LogP contribution in [0.25, 0.3) is 33.4 Å². The van der Waals surface area contributed by atoms with E-state index in [0.29, 0.717) is 11.4 Å². The lowest BCUT2D eigenvalue weighted by molar-refractivity contribution is 0.416. The van der Waals surface area contributed by atoms with Gasteiger partial charge in [0.25, 0.3) is 10.0 Å². The first-order valence-electron chi connectivity index (χ1n) is 10.4. The Hall–Kier alpha value is -4.24. The molecule has 0 unspecified atom stereocenters. The van der Waals surface area contributed by atoms with E-state index >= 15 is 0 Å². The van der Waals surface area contributed by atoms with Crippen LogP contribution in [0.15, 0.2) is 88.7 Å². The highest BCUT2D eigenvalue weighted by atomic mass is 32.2. The Morgan fingerprint density at radius 3 is 2.56 bits per heavy atom. The topological polar surface area (TPSA) is 107 Å². The normalized spacial score (nSPS) is 11.5. The first-order chi connectivity index (χ1) is 16.4. The lowest BCUT2D eigenvalue weighted by Crippen LogP contribution is -2.13. The zero-order valence-corrected chi connectivity index (χ0v) is 19.2. The molecule has 0 fully saturated rings. The molecule has 0 aliphatic heterocycles. The van der Waals surface area contributed by atoms with E-state index in [9.17, 15) is 8.42 Å². The molecule has 1 N–H and O–H groups in total. The SMILES string of the molecule is COc1cc(-c2ccc(C)o2)ccc1-c1nccc2cc(S(=O)(=O)Nc3ccncn3)ccc12. The number of anilines is 1. The summed E-state index contributed by atoms with van der Waals surface area (Å²) in [6, 6.07) is 17.8. The first kappa shape index (κ1) is 21.6. The molecule has 0 radical (unpaired) electrons. The van der Waals surface area contributed by atoms with Gasteiger partial charge in [0.15, 0.2) is 0 Å². The number of aromatic nitrogens is 3. The van der Waals surface area contributed by atoms with Crippen LogP contribution < -0.4 is 9.46 Å². The fraction of sp³-hybridized carbons (Fsp3) is 0.0800. The molecule has 0 aliphatic rings. The van der Waals surface area contributed by atoms with Gasteiger partial charge in [0.2, 0.25) is 0 Å². The van der Waals surface area contributed by atoms with E-state index < -0.39 is 10.0 Å². The molecule has 0 saturated heterocycles. The molecular weight excluding hydrogens is 452 g/mol. The van der Waals surface area contributed by atoms with E-state index in [0.717, 1.165) is 33.4 Å². The Bertz CT molecular complexity index is 1600. The maximum Gasteiger partial charge on any atom is 0.263 e. The van der Waals surface area contributed by atoms with Crippen molar-refractivity contribution in [3.63, 3.8) is 0 Å². The van der Waals surface area contributed by atoms with Gasteiger partial charge in [0.05, 0.1) is 17.7 Å². The third kappa shape index (κ3) is 4.08. The minimum atomic E-state index is -3.83. The van der Waals surface area contributed by atoms with Gasteiger partial charge in [-0.15, -0.1) is 0 Å². The van der Waals surface area contributed by atoms with Gasteiger partial charge < -0.3 is 9.15 Å². The predicted octanol–water partition coefficient (Wildman–Crippen LogP) is 5.07. The number of hydrogen-bond acceptors (Lipinski definition) is 7. The number of sulfonamides is 1. The first-order valence-corrected chi connectivity index (χ1v) is 11.9. The molecule has 0 saturated carbocycles. The number of hydrogen-bond donors (Lipinski definition) is 1. The standard InChI is InChI=1S/C25H20N4O4S/c1-16-3-8-22(33-16)18-4-6-21(23(14-18)32-2)25-20-7-5-19(13-17(20)9-12-27-25)34(30,31)29-24-10-11-26-15-28-24/h3-15H,1-2H3,(H,26,28,29). The summed E-state index contributed by atoms with van der Waals surface area (Å²) < 4.78 is 39.6. The second-order valence-electron chi connectivity index (χ2n) is 7.57. The Labute approximate surface area is 196 Å². The Morgan fingerprint density at radius 2 is 1.82 bits per heavy atom. The van der Waals surface area contributed by atoms with Gasteiger partial charge >= 0.3 is 0 Å². The maximum absolute atomic E-state index is 12.9. The number of rotatable bonds is 6. The summed E-state index contributed by atoms with van der Waals surface area (Å²) in [6.07, 6.45) is 4.39. The van der Waals surface area contributed by atoms with Crippen molar-refractivity contribution in [2.24, 2.45) is 0 Å². The second-order valence-corrected chi connectivity index (χ2v) is 9.25. The number of furan rings is 1. The van der Waals surface area contributed by atoms with Gasteiger partial charge in [0.1, 0.15) is 29.4 Å². The number of methoxy groups -OCH3 is 1. The summed E-state index contributed by atoms with van der Waals surface area (Å²) in [5, 5.41) is 1.52. The van der Waals surface area contributed by atoms with E-state index in [1.807, 2.05) is 37.3 Å². The highest BCUT2D eigenvalue weighted by Gasteiger charge is 2.18. The second kappa shape index (κ2) is 8.60. The molecule has 5 rings (SSSR count). The van der Waals surface area contributed by atoms with Gasteiger partial charge in [-0.05, 0) is 60.8 Å². The molecule has 34 heavy (non-hydrogen) atoms. The molecular formula is C25H20N4O4S. The van der Waals surface area contributed by atoms with Gasteiger partial charge in [-0.2, -0.15) is 0 Å². The van der Waals surface area contributed by atoms with Crippen LogP contribution in [-0.2, 0) is 10.0 Å². The van der Waals surface area contributed by atoms with Crippen molar-refractivity contribution in [1.82, 2.24) is 15.0 Å². The van der Waals surface area contributed by atoms with Gasteiger partial charge in [-0.25, -0.2) is 18.4 Å². The zero-order valence-electron chi connectivity index (χ0n) is 18.4. The highest BCUT2D eigenvalue weighted by Crippen LogP contribution is 2.37. The van der Waals surface area contributed by atoms with Crippen molar-refractivity contribution in [3.8, 4) is 28.3 Å². The average molecular weight is 473 g/mol. The summed E-state index contributed by atoms with van der Waals surface area (Å²) >= 11 is 0. The molecule has 2 aromatic carbocycles. The van der Waals surface area contributed by atoms with Crippen molar-refractivity contribution in [2.45, 2.75) is 11.8 Å². The Morgan fingerprint density at radius 1 is 0.941 bits per heavy atom. The molecule has 0 spiro atoms. The van der Waals surface area contributed by atoms with E-state index in [1.165, 1.54) is 18.6 Å². The van der Waals surface area contributed by atoms with E-state index in [2.05, 4.69) is 19.7 Å². The van der Waals surface area contributed by atoms with Gasteiger partial charge in [-0.3, -0.25) is 9.71 Å². The zero-order chi connectivity index (χ0) is 23.7. The van der Waals surface area contributed by atoms with Crippen molar-refractivity contribution in [1.29, 1.82) is 0 Å². The van der Waals surface area contributed by atoms with Crippen molar-refractivity contribution in [3.05, 3.63) is 85.1 Å². The van der Waals surface area contributed by atoms with Crippen molar-refractivity contribution < 1.29 is 17.6 Å². The van der Waals surface area contributed by atoms with Crippen molar-refractivity contribution in [2.75, 3.05) is 11.8 Å². The summed E-state index contributed by atoms with van der Waals surface area (Å²) in [7, 11) is -2.22. The van der Waals surface area contributed by atoms with Crippen LogP contribution in [0.2, 0.25) is 0 Å². The monoisotopic (exact) mass is 472 g/mol. The molecule has 0 amide bonds. The largest absolute Gasteiger partial charge is 0.496 e. The minimum Gasteiger partial charge on any atom is -0.496 e. The summed E-state index contributed by atoms with van der Waals surface area (Å²) in [5.41, 5.74) is 2.36. The fourth-order valence-electron chi connectivity index (χ4n) is 3.72. The Balaban J connectivity index is 1.55. The van der Waals surface area contributed by atoms with Gasteiger partial charge in [-0.1, -0.05) is 12.1 Å².